The molecule has 2 N–H and O–H groups in total. The molecule has 1 atom stereocenters. The van der Waals surface area contributed by atoms with Gasteiger partial charge < -0.3 is 15.4 Å². The maximum absolute atomic E-state index is 5.39. The fourth-order valence-corrected chi connectivity index (χ4v) is 2.35. The number of likely N-dealkylation sites (N-methyl/N-ethyl adjacent to an activating group) is 1. The molecule has 1 saturated heterocycles. The Morgan fingerprint density at radius 2 is 2.16 bits per heavy atom. The second kappa shape index (κ2) is 7.70. The molecule has 0 aromatic rings. The Labute approximate surface area is 117 Å². The average molecular weight is 270 g/mol. The molecule has 1 fully saturated rings. The predicted molar refractivity (Wildman–Crippen MR) is 80.7 cm³/mol. The fourth-order valence-electron chi connectivity index (χ4n) is 2.35. The lowest BCUT2D eigenvalue weighted by atomic mass is 10.1. The van der Waals surface area contributed by atoms with Gasteiger partial charge in [0.2, 0.25) is 0 Å². The van der Waals surface area contributed by atoms with Crippen LogP contribution in [0.4, 0.5) is 0 Å². The van der Waals surface area contributed by atoms with Crippen LogP contribution in [0.1, 0.15) is 33.6 Å². The number of nitrogens with one attached hydrogen (secondary N) is 2. The third kappa shape index (κ3) is 5.37. The van der Waals surface area contributed by atoms with Crippen molar-refractivity contribution in [2.75, 3.05) is 40.3 Å². The Bertz CT molecular complexity index is 291. The Morgan fingerprint density at radius 1 is 1.42 bits per heavy atom. The van der Waals surface area contributed by atoms with Gasteiger partial charge in [-0.15, -0.1) is 0 Å². The average Bonchev–Trinajstić information content (AvgIpc) is 2.86. The molecule has 0 aliphatic carbocycles. The van der Waals surface area contributed by atoms with Gasteiger partial charge in [-0.2, -0.15) is 0 Å². The van der Waals surface area contributed by atoms with Gasteiger partial charge in [0.1, 0.15) is 0 Å². The van der Waals surface area contributed by atoms with Crippen molar-refractivity contribution < 1.29 is 4.74 Å². The molecular formula is C14H30N4O. The van der Waals surface area contributed by atoms with Gasteiger partial charge >= 0.3 is 0 Å². The summed E-state index contributed by atoms with van der Waals surface area (Å²) in [7, 11) is 3.54. The van der Waals surface area contributed by atoms with E-state index in [1.165, 1.54) is 19.4 Å². The maximum atomic E-state index is 5.39. The Hall–Kier alpha value is -0.810. The molecule has 1 aliphatic rings. The molecule has 0 saturated carbocycles. The van der Waals surface area contributed by atoms with Crippen LogP contribution in [0.5, 0.6) is 0 Å². The van der Waals surface area contributed by atoms with Crippen molar-refractivity contribution in [1.82, 2.24) is 15.5 Å². The lowest BCUT2D eigenvalue weighted by molar-refractivity contribution is 0.0268. The molecule has 0 aromatic carbocycles. The summed E-state index contributed by atoms with van der Waals surface area (Å²) in [6.45, 7) is 10.4. The van der Waals surface area contributed by atoms with Crippen LogP contribution >= 0.6 is 0 Å². The van der Waals surface area contributed by atoms with Crippen molar-refractivity contribution in [1.29, 1.82) is 0 Å². The summed E-state index contributed by atoms with van der Waals surface area (Å²) in [6.07, 6.45) is 2.59. The fraction of sp³-hybridized carbons (Fsp3) is 0.929. The zero-order chi connectivity index (χ0) is 14.3. The summed E-state index contributed by atoms with van der Waals surface area (Å²) in [5.74, 6) is 0.855. The van der Waals surface area contributed by atoms with Crippen LogP contribution in [0.3, 0.4) is 0 Å². The van der Waals surface area contributed by atoms with Gasteiger partial charge in [0.15, 0.2) is 5.96 Å². The highest BCUT2D eigenvalue weighted by Gasteiger charge is 2.23. The number of nitrogens with zero attached hydrogens (tertiary/aromatic N) is 2. The number of hydrogen-bond acceptors (Lipinski definition) is 3. The van der Waals surface area contributed by atoms with Crippen molar-refractivity contribution in [2.24, 2.45) is 4.99 Å². The van der Waals surface area contributed by atoms with E-state index in [4.69, 9.17) is 4.74 Å². The van der Waals surface area contributed by atoms with Crippen LogP contribution in [0.25, 0.3) is 0 Å². The van der Waals surface area contributed by atoms with Crippen LogP contribution in [-0.4, -0.2) is 62.8 Å². The number of guanidine groups is 1. The summed E-state index contributed by atoms with van der Waals surface area (Å²) < 4.78 is 5.39. The second-order valence-electron chi connectivity index (χ2n) is 5.70. The molecule has 0 amide bonds. The summed E-state index contributed by atoms with van der Waals surface area (Å²) in [6, 6.07) is 0.638. The molecule has 5 nitrogen and oxygen atoms in total. The van der Waals surface area contributed by atoms with Crippen molar-refractivity contribution >= 4 is 5.96 Å². The first-order chi connectivity index (χ1) is 9.02. The lowest BCUT2D eigenvalue weighted by Gasteiger charge is -2.26. The molecule has 0 aromatic heterocycles. The lowest BCUT2D eigenvalue weighted by Crippen LogP contribution is -2.48. The van der Waals surface area contributed by atoms with Gasteiger partial charge in [-0.25, -0.2) is 0 Å². The van der Waals surface area contributed by atoms with Crippen molar-refractivity contribution in [3.8, 4) is 0 Å². The highest BCUT2D eigenvalue weighted by molar-refractivity contribution is 5.79. The van der Waals surface area contributed by atoms with Crippen LogP contribution < -0.4 is 10.6 Å². The summed E-state index contributed by atoms with van der Waals surface area (Å²) >= 11 is 0. The van der Waals surface area contributed by atoms with Crippen LogP contribution in [0.2, 0.25) is 0 Å². The van der Waals surface area contributed by atoms with E-state index >= 15 is 0 Å². The summed E-state index contributed by atoms with van der Waals surface area (Å²) in [5.41, 5.74) is -0.180. The van der Waals surface area contributed by atoms with E-state index in [2.05, 4.69) is 41.3 Å². The first-order valence-corrected chi connectivity index (χ1v) is 7.26. The highest BCUT2D eigenvalue weighted by Crippen LogP contribution is 2.15. The molecule has 19 heavy (non-hydrogen) atoms. The van der Waals surface area contributed by atoms with E-state index in [0.29, 0.717) is 6.04 Å². The number of aliphatic imine (C=N–C) groups is 1. The number of rotatable bonds is 6. The highest BCUT2D eigenvalue weighted by atomic mass is 16.5. The molecule has 1 aliphatic heterocycles. The molecule has 1 rings (SSSR count). The maximum Gasteiger partial charge on any atom is 0.191 e. The largest absolute Gasteiger partial charge is 0.377 e. The zero-order valence-electron chi connectivity index (χ0n) is 13.1. The molecule has 0 bridgehead atoms. The third-order valence-electron chi connectivity index (χ3n) is 3.87. The van der Waals surface area contributed by atoms with E-state index in [1.54, 1.807) is 14.2 Å². The zero-order valence-corrected chi connectivity index (χ0v) is 13.1. The number of methoxy groups -OCH3 is 1. The monoisotopic (exact) mass is 270 g/mol. The van der Waals surface area contributed by atoms with Crippen molar-refractivity contribution in [3.63, 3.8) is 0 Å². The topological polar surface area (TPSA) is 48.9 Å². The molecule has 5 heteroatoms. The van der Waals surface area contributed by atoms with Crippen molar-refractivity contribution in [3.05, 3.63) is 0 Å². The minimum atomic E-state index is -0.180. The SMILES string of the molecule is CCN1CCCC1CNC(=NC)NCC(C)(C)OC. The Balaban J connectivity index is 2.33. The molecule has 112 valence electrons. The minimum Gasteiger partial charge on any atom is -0.377 e. The van der Waals surface area contributed by atoms with Gasteiger partial charge in [-0.1, -0.05) is 6.92 Å². The number of hydrogen-bond donors (Lipinski definition) is 2. The predicted octanol–water partition coefficient (Wildman–Crippen LogP) is 1.06. The first-order valence-electron chi connectivity index (χ1n) is 7.26. The molecule has 0 spiro atoms. The summed E-state index contributed by atoms with van der Waals surface area (Å²) in [5, 5.41) is 6.73. The van der Waals surface area contributed by atoms with E-state index in [9.17, 15) is 0 Å². The first kappa shape index (κ1) is 16.2. The van der Waals surface area contributed by atoms with Crippen LogP contribution in [0.15, 0.2) is 4.99 Å². The normalized spacial score (nSPS) is 21.7. The van der Waals surface area contributed by atoms with Crippen LogP contribution in [0, 0.1) is 0 Å². The minimum absolute atomic E-state index is 0.180. The van der Waals surface area contributed by atoms with Crippen molar-refractivity contribution in [2.45, 2.75) is 45.3 Å². The van der Waals surface area contributed by atoms with E-state index < -0.39 is 0 Å². The van der Waals surface area contributed by atoms with Gasteiger partial charge in [0.05, 0.1) is 5.60 Å². The van der Waals surface area contributed by atoms with E-state index in [1.807, 2.05) is 0 Å². The molecule has 1 heterocycles. The Kier molecular flexibility index (Phi) is 6.58. The standard InChI is InChI=1S/C14H30N4O/c1-6-18-9-7-8-12(18)10-16-13(15-4)17-11-14(2,3)19-5/h12H,6-11H2,1-5H3,(H2,15,16,17). The quantitative estimate of drug-likeness (QED) is 0.560. The molecular weight excluding hydrogens is 240 g/mol. The molecule has 1 unspecified atom stereocenters. The second-order valence-corrected chi connectivity index (χ2v) is 5.70. The molecule has 0 radical (unpaired) electrons. The van der Waals surface area contributed by atoms with Crippen LogP contribution in [-0.2, 0) is 4.74 Å². The third-order valence-corrected chi connectivity index (χ3v) is 3.87. The van der Waals surface area contributed by atoms with E-state index in [0.717, 1.165) is 25.6 Å². The van der Waals surface area contributed by atoms with Gasteiger partial charge in [-0.05, 0) is 39.8 Å². The van der Waals surface area contributed by atoms with Gasteiger partial charge in [0.25, 0.3) is 0 Å². The van der Waals surface area contributed by atoms with E-state index in [-0.39, 0.29) is 5.60 Å². The van der Waals surface area contributed by atoms with Gasteiger partial charge in [0, 0.05) is 33.3 Å². The van der Waals surface area contributed by atoms with Gasteiger partial charge in [-0.3, -0.25) is 9.89 Å². The number of likely N-dealkylation sites (tertiary alicyclic amines) is 1. The number of ether oxygens (including phenoxy) is 1. The summed E-state index contributed by atoms with van der Waals surface area (Å²) in [4.78, 5) is 6.78. The Morgan fingerprint density at radius 3 is 2.74 bits per heavy atom. The smallest absolute Gasteiger partial charge is 0.191 e.